The summed E-state index contributed by atoms with van der Waals surface area (Å²) in [4.78, 5) is 7.46. The first-order valence-corrected chi connectivity index (χ1v) is 7.64. The van der Waals surface area contributed by atoms with Crippen LogP contribution in [0.2, 0.25) is 0 Å². The van der Waals surface area contributed by atoms with Gasteiger partial charge in [-0.3, -0.25) is 0 Å². The molecular formula is C16H21NS. The maximum Gasteiger partial charge on any atom is 0.123 e. The van der Waals surface area contributed by atoms with Gasteiger partial charge >= 0.3 is 0 Å². The highest BCUT2D eigenvalue weighted by Gasteiger charge is 2.29. The zero-order valence-corrected chi connectivity index (χ0v) is 12.5. The van der Waals surface area contributed by atoms with Crippen molar-refractivity contribution in [2.75, 3.05) is 0 Å². The highest BCUT2D eigenvalue weighted by Crippen LogP contribution is 2.38. The maximum absolute atomic E-state index is 4.87. The normalized spacial score (nSPS) is 20.1. The Labute approximate surface area is 113 Å². The molecule has 1 unspecified atom stereocenters. The first kappa shape index (κ1) is 12.2. The summed E-state index contributed by atoms with van der Waals surface area (Å²) < 4.78 is 0. The maximum atomic E-state index is 4.87. The minimum atomic E-state index is 0.414. The van der Waals surface area contributed by atoms with Gasteiger partial charge in [0.2, 0.25) is 0 Å². The minimum Gasteiger partial charge on any atom is -0.242 e. The van der Waals surface area contributed by atoms with Gasteiger partial charge in [-0.25, -0.2) is 4.98 Å². The molecule has 1 atom stereocenters. The molecule has 0 saturated heterocycles. The average Bonchev–Trinajstić information content (AvgIpc) is 2.62. The van der Waals surface area contributed by atoms with E-state index in [1.54, 1.807) is 0 Å². The lowest BCUT2D eigenvalue weighted by atomic mass is 9.71. The van der Waals surface area contributed by atoms with Crippen molar-refractivity contribution in [1.29, 1.82) is 0 Å². The third-order valence-corrected chi connectivity index (χ3v) is 5.18. The highest BCUT2D eigenvalue weighted by atomic mass is 32.1. The van der Waals surface area contributed by atoms with Crippen LogP contribution in [-0.4, -0.2) is 4.98 Å². The SMILES string of the molecule is Cc1cc2cc3c(nc2s1)CCC(C(C)(C)C)C3. The summed E-state index contributed by atoms with van der Waals surface area (Å²) in [6.45, 7) is 9.26. The monoisotopic (exact) mass is 259 g/mol. The Morgan fingerprint density at radius 2 is 2.06 bits per heavy atom. The van der Waals surface area contributed by atoms with Gasteiger partial charge in [0, 0.05) is 16.0 Å². The molecule has 1 aliphatic rings. The topological polar surface area (TPSA) is 12.9 Å². The molecule has 0 saturated carbocycles. The van der Waals surface area contributed by atoms with Crippen LogP contribution in [0, 0.1) is 18.3 Å². The molecule has 0 radical (unpaired) electrons. The summed E-state index contributed by atoms with van der Waals surface area (Å²) in [5.74, 6) is 0.795. The Balaban J connectivity index is 2.02. The van der Waals surface area contributed by atoms with Gasteiger partial charge in [-0.1, -0.05) is 20.8 Å². The van der Waals surface area contributed by atoms with E-state index in [-0.39, 0.29) is 0 Å². The van der Waals surface area contributed by atoms with Crippen LogP contribution < -0.4 is 0 Å². The van der Waals surface area contributed by atoms with E-state index in [4.69, 9.17) is 4.98 Å². The predicted octanol–water partition coefficient (Wildman–Crippen LogP) is 4.76. The van der Waals surface area contributed by atoms with Crippen molar-refractivity contribution >= 4 is 21.6 Å². The molecule has 18 heavy (non-hydrogen) atoms. The van der Waals surface area contributed by atoms with Crippen molar-refractivity contribution < 1.29 is 0 Å². The van der Waals surface area contributed by atoms with Crippen molar-refractivity contribution in [3.05, 3.63) is 28.3 Å². The van der Waals surface area contributed by atoms with Crippen molar-refractivity contribution in [2.24, 2.45) is 11.3 Å². The van der Waals surface area contributed by atoms with Crippen molar-refractivity contribution in [2.45, 2.75) is 47.0 Å². The molecule has 2 aromatic rings. The molecule has 1 aliphatic carbocycles. The van der Waals surface area contributed by atoms with E-state index in [9.17, 15) is 0 Å². The van der Waals surface area contributed by atoms with Crippen LogP contribution in [0.15, 0.2) is 12.1 Å². The lowest BCUT2D eigenvalue weighted by Crippen LogP contribution is -2.27. The van der Waals surface area contributed by atoms with Crippen LogP contribution >= 0.6 is 11.3 Å². The fourth-order valence-electron chi connectivity index (χ4n) is 2.99. The second-order valence-corrected chi connectivity index (χ2v) is 7.89. The largest absolute Gasteiger partial charge is 0.242 e. The number of hydrogen-bond acceptors (Lipinski definition) is 2. The quantitative estimate of drug-likeness (QED) is 0.665. The van der Waals surface area contributed by atoms with Crippen LogP contribution in [0.5, 0.6) is 0 Å². The Hall–Kier alpha value is -0.890. The Bertz CT molecular complexity index is 589. The number of rotatable bonds is 0. The first-order chi connectivity index (χ1) is 8.43. The molecule has 0 fully saturated rings. The zero-order chi connectivity index (χ0) is 12.9. The van der Waals surface area contributed by atoms with Crippen LogP contribution in [0.3, 0.4) is 0 Å². The second kappa shape index (κ2) is 4.06. The van der Waals surface area contributed by atoms with E-state index in [0.717, 1.165) is 12.3 Å². The number of nitrogens with zero attached hydrogens (tertiary/aromatic N) is 1. The molecule has 2 heterocycles. The molecule has 2 aromatic heterocycles. The summed E-state index contributed by atoms with van der Waals surface area (Å²) in [5, 5.41) is 1.34. The molecule has 1 nitrogen and oxygen atoms in total. The molecule has 0 aromatic carbocycles. The van der Waals surface area contributed by atoms with E-state index >= 15 is 0 Å². The summed E-state index contributed by atoms with van der Waals surface area (Å²) in [5.41, 5.74) is 3.26. The average molecular weight is 259 g/mol. The molecule has 0 bridgehead atoms. The summed E-state index contributed by atoms with van der Waals surface area (Å²) in [6.07, 6.45) is 3.65. The lowest BCUT2D eigenvalue weighted by molar-refractivity contribution is 0.215. The molecule has 0 aliphatic heterocycles. The van der Waals surface area contributed by atoms with Crippen LogP contribution in [0.1, 0.15) is 43.3 Å². The van der Waals surface area contributed by atoms with Gasteiger partial charge in [0.15, 0.2) is 0 Å². The molecule has 2 heteroatoms. The Morgan fingerprint density at radius 1 is 1.28 bits per heavy atom. The summed E-state index contributed by atoms with van der Waals surface area (Å²) in [6, 6.07) is 4.66. The van der Waals surface area contributed by atoms with Crippen LogP contribution in [0.4, 0.5) is 0 Å². The second-order valence-electron chi connectivity index (χ2n) is 6.65. The number of thiophene rings is 1. The predicted molar refractivity (Wildman–Crippen MR) is 79.3 cm³/mol. The lowest BCUT2D eigenvalue weighted by Gasteiger charge is -2.34. The van der Waals surface area contributed by atoms with Crippen LogP contribution in [-0.2, 0) is 12.8 Å². The Morgan fingerprint density at radius 3 is 2.78 bits per heavy atom. The molecule has 3 rings (SSSR count). The zero-order valence-electron chi connectivity index (χ0n) is 11.7. The smallest absolute Gasteiger partial charge is 0.123 e. The van der Waals surface area contributed by atoms with Gasteiger partial charge in [-0.05, 0) is 55.2 Å². The number of aryl methyl sites for hydroxylation is 2. The standard InChI is InChI=1S/C16H21NS/c1-10-7-12-8-11-9-13(16(2,3)4)5-6-14(11)17-15(12)18-10/h7-8,13H,5-6,9H2,1-4H3. The van der Waals surface area contributed by atoms with Gasteiger partial charge < -0.3 is 0 Å². The van der Waals surface area contributed by atoms with Gasteiger partial charge in [0.1, 0.15) is 4.83 Å². The summed E-state index contributed by atoms with van der Waals surface area (Å²) >= 11 is 1.82. The number of hydrogen-bond donors (Lipinski definition) is 0. The third-order valence-electron chi connectivity index (χ3n) is 4.22. The molecule has 0 spiro atoms. The van der Waals surface area contributed by atoms with E-state index in [1.165, 1.54) is 39.2 Å². The Kier molecular flexibility index (Phi) is 2.74. The molecule has 0 N–H and O–H groups in total. The highest BCUT2D eigenvalue weighted by molar-refractivity contribution is 7.18. The minimum absolute atomic E-state index is 0.414. The number of aromatic nitrogens is 1. The van der Waals surface area contributed by atoms with Gasteiger partial charge in [-0.2, -0.15) is 0 Å². The van der Waals surface area contributed by atoms with Gasteiger partial charge in [0.25, 0.3) is 0 Å². The van der Waals surface area contributed by atoms with Gasteiger partial charge in [0.05, 0.1) is 0 Å². The van der Waals surface area contributed by atoms with Gasteiger partial charge in [-0.15, -0.1) is 11.3 Å². The molecular weight excluding hydrogens is 238 g/mol. The van der Waals surface area contributed by atoms with Crippen LogP contribution in [0.25, 0.3) is 10.2 Å². The van der Waals surface area contributed by atoms with E-state index in [2.05, 4.69) is 39.8 Å². The third kappa shape index (κ3) is 2.07. The van der Waals surface area contributed by atoms with Crippen molar-refractivity contribution in [3.8, 4) is 0 Å². The fourth-order valence-corrected chi connectivity index (χ4v) is 3.87. The number of fused-ring (bicyclic) bond motifs is 2. The fraction of sp³-hybridized carbons (Fsp3) is 0.562. The molecule has 96 valence electrons. The van der Waals surface area contributed by atoms with E-state index < -0.39 is 0 Å². The molecule has 0 amide bonds. The number of pyridine rings is 1. The van der Waals surface area contributed by atoms with E-state index in [0.29, 0.717) is 5.41 Å². The first-order valence-electron chi connectivity index (χ1n) is 6.82. The van der Waals surface area contributed by atoms with Crippen molar-refractivity contribution in [3.63, 3.8) is 0 Å². The van der Waals surface area contributed by atoms with Crippen molar-refractivity contribution in [1.82, 2.24) is 4.98 Å². The summed E-state index contributed by atoms with van der Waals surface area (Å²) in [7, 11) is 0. The van der Waals surface area contributed by atoms with E-state index in [1.807, 2.05) is 11.3 Å².